The highest BCUT2D eigenvalue weighted by atomic mass is 32.2. The Morgan fingerprint density at radius 1 is 1.16 bits per heavy atom. The van der Waals surface area contributed by atoms with E-state index in [9.17, 15) is 18.0 Å². The summed E-state index contributed by atoms with van der Waals surface area (Å²) in [5.74, 6) is -0.909. The van der Waals surface area contributed by atoms with Gasteiger partial charge in [-0.25, -0.2) is 13.2 Å². The van der Waals surface area contributed by atoms with E-state index in [1.165, 1.54) is 4.31 Å². The molecule has 0 saturated carbocycles. The predicted octanol–water partition coefficient (Wildman–Crippen LogP) is 1.51. The van der Waals surface area contributed by atoms with Crippen LogP contribution in [0.1, 0.15) is 54.4 Å². The third-order valence-corrected chi connectivity index (χ3v) is 8.41. The van der Waals surface area contributed by atoms with Crippen LogP contribution in [0.15, 0.2) is 4.90 Å². The van der Waals surface area contributed by atoms with Gasteiger partial charge in [0.15, 0.2) is 0 Å². The largest absolute Gasteiger partial charge is 0.462 e. The molecule has 3 heterocycles. The van der Waals surface area contributed by atoms with Gasteiger partial charge in [-0.1, -0.05) is 0 Å². The molecule has 1 aromatic heterocycles. The maximum absolute atomic E-state index is 13.5. The molecule has 1 amide bonds. The number of aromatic nitrogens is 1. The van der Waals surface area contributed by atoms with Gasteiger partial charge < -0.3 is 19.4 Å². The maximum Gasteiger partial charge on any atom is 0.341 e. The van der Waals surface area contributed by atoms with E-state index >= 15 is 0 Å². The fourth-order valence-corrected chi connectivity index (χ4v) is 6.28. The lowest BCUT2D eigenvalue weighted by molar-refractivity contribution is -0.126. The van der Waals surface area contributed by atoms with Crippen molar-refractivity contribution in [3.05, 3.63) is 17.0 Å². The smallest absolute Gasteiger partial charge is 0.341 e. The molecule has 2 fully saturated rings. The first-order valence-corrected chi connectivity index (χ1v) is 12.3. The van der Waals surface area contributed by atoms with Crippen LogP contribution in [0.25, 0.3) is 0 Å². The minimum Gasteiger partial charge on any atom is -0.462 e. The number of carbonyl (C=O) groups excluding carboxylic acids is 2. The van der Waals surface area contributed by atoms with E-state index in [4.69, 9.17) is 9.47 Å². The van der Waals surface area contributed by atoms with E-state index in [-0.39, 0.29) is 48.1 Å². The highest BCUT2D eigenvalue weighted by Gasteiger charge is 2.38. The maximum atomic E-state index is 13.5. The van der Waals surface area contributed by atoms with Crippen molar-refractivity contribution in [2.45, 2.75) is 57.5 Å². The van der Waals surface area contributed by atoms with Crippen LogP contribution in [-0.4, -0.2) is 68.1 Å². The summed E-state index contributed by atoms with van der Waals surface area (Å²) >= 11 is 0. The Hall–Kier alpha value is -1.91. The van der Waals surface area contributed by atoms with Gasteiger partial charge in [0.05, 0.1) is 12.7 Å². The molecule has 0 unspecified atom stereocenters. The van der Waals surface area contributed by atoms with Gasteiger partial charge in [-0.05, 0) is 46.5 Å². The second-order valence-electron chi connectivity index (χ2n) is 8.21. The Morgan fingerprint density at radius 3 is 2.42 bits per heavy atom. The number of esters is 1. The van der Waals surface area contributed by atoms with Gasteiger partial charge in [0, 0.05) is 50.6 Å². The molecule has 1 N–H and O–H groups in total. The first kappa shape index (κ1) is 23.7. The second-order valence-corrected chi connectivity index (χ2v) is 10.1. The number of hydrogen-bond donors (Lipinski definition) is 1. The Bertz CT molecular complexity index is 925. The predicted molar refractivity (Wildman–Crippen MR) is 114 cm³/mol. The van der Waals surface area contributed by atoms with E-state index in [2.05, 4.69) is 5.32 Å². The van der Waals surface area contributed by atoms with Crippen molar-refractivity contribution in [3.8, 4) is 0 Å². The lowest BCUT2D eigenvalue weighted by Crippen LogP contribution is -2.44. The third-order valence-electron chi connectivity index (χ3n) is 6.35. The number of ether oxygens (including phenoxy) is 2. The zero-order valence-electron chi connectivity index (χ0n) is 18.8. The number of amides is 1. The van der Waals surface area contributed by atoms with E-state index in [1.54, 1.807) is 32.4 Å². The SMILES string of the molecule is CCOC(=O)c1c(S(=O)(=O)N2CCC(C(=O)NC[C@@H]3CCCO3)CC2)c(C)n(C)c1C. The highest BCUT2D eigenvalue weighted by molar-refractivity contribution is 7.89. The van der Waals surface area contributed by atoms with Gasteiger partial charge in [0.2, 0.25) is 15.9 Å². The van der Waals surface area contributed by atoms with Gasteiger partial charge in [-0.15, -0.1) is 0 Å². The quantitative estimate of drug-likeness (QED) is 0.625. The molecule has 2 saturated heterocycles. The number of piperidine rings is 1. The molecular weight excluding hydrogens is 422 g/mol. The molecule has 0 aromatic carbocycles. The fourth-order valence-electron chi connectivity index (χ4n) is 4.33. The van der Waals surface area contributed by atoms with Crippen molar-refractivity contribution < 1.29 is 27.5 Å². The number of sulfonamides is 1. The summed E-state index contributed by atoms with van der Waals surface area (Å²) in [6.07, 6.45) is 2.93. The summed E-state index contributed by atoms with van der Waals surface area (Å²) in [5.41, 5.74) is 1.15. The van der Waals surface area contributed by atoms with Crippen LogP contribution in [0.3, 0.4) is 0 Å². The van der Waals surface area contributed by atoms with Crippen LogP contribution in [0.2, 0.25) is 0 Å². The highest BCUT2D eigenvalue weighted by Crippen LogP contribution is 2.32. The minimum absolute atomic E-state index is 0.00670. The molecular formula is C21H33N3O6S. The van der Waals surface area contributed by atoms with Crippen LogP contribution in [0.4, 0.5) is 0 Å². The van der Waals surface area contributed by atoms with Crippen molar-refractivity contribution in [1.82, 2.24) is 14.2 Å². The molecule has 1 aromatic rings. The van der Waals surface area contributed by atoms with Crippen LogP contribution in [0, 0.1) is 19.8 Å². The van der Waals surface area contributed by atoms with Gasteiger partial charge in [0.25, 0.3) is 0 Å². The summed E-state index contributed by atoms with van der Waals surface area (Å²) < 4.78 is 40.7. The first-order chi connectivity index (χ1) is 14.7. The minimum atomic E-state index is -3.90. The van der Waals surface area contributed by atoms with Gasteiger partial charge >= 0.3 is 5.97 Å². The van der Waals surface area contributed by atoms with Crippen molar-refractivity contribution in [1.29, 1.82) is 0 Å². The topological polar surface area (TPSA) is 107 Å². The Kier molecular flexibility index (Phi) is 7.43. The van der Waals surface area contributed by atoms with Crippen molar-refractivity contribution in [3.63, 3.8) is 0 Å². The van der Waals surface area contributed by atoms with Crippen LogP contribution in [-0.2, 0) is 31.3 Å². The van der Waals surface area contributed by atoms with E-state index in [0.29, 0.717) is 30.8 Å². The summed E-state index contributed by atoms with van der Waals surface area (Å²) in [6.45, 7) is 6.96. The van der Waals surface area contributed by atoms with E-state index < -0.39 is 16.0 Å². The molecule has 2 aliphatic heterocycles. The number of rotatable bonds is 7. The monoisotopic (exact) mass is 455 g/mol. The molecule has 0 radical (unpaired) electrons. The number of nitrogens with one attached hydrogen (secondary N) is 1. The molecule has 2 aliphatic rings. The zero-order chi connectivity index (χ0) is 22.8. The van der Waals surface area contributed by atoms with Crippen LogP contribution >= 0.6 is 0 Å². The normalized spacial score (nSPS) is 20.7. The zero-order valence-corrected chi connectivity index (χ0v) is 19.6. The summed E-state index contributed by atoms with van der Waals surface area (Å²) in [5, 5.41) is 2.94. The van der Waals surface area contributed by atoms with Crippen molar-refractivity contribution in [2.24, 2.45) is 13.0 Å². The molecule has 174 valence electrons. The molecule has 9 nitrogen and oxygen atoms in total. The first-order valence-electron chi connectivity index (χ1n) is 10.9. The molecule has 10 heteroatoms. The lowest BCUT2D eigenvalue weighted by atomic mass is 9.97. The average Bonchev–Trinajstić information content (AvgIpc) is 3.35. The Balaban J connectivity index is 1.71. The van der Waals surface area contributed by atoms with Gasteiger partial charge in [0.1, 0.15) is 10.5 Å². The molecule has 1 atom stereocenters. The number of nitrogens with zero attached hydrogens (tertiary/aromatic N) is 2. The molecule has 3 rings (SSSR count). The summed E-state index contributed by atoms with van der Waals surface area (Å²) in [4.78, 5) is 25.0. The summed E-state index contributed by atoms with van der Waals surface area (Å²) in [7, 11) is -2.17. The van der Waals surface area contributed by atoms with E-state index in [0.717, 1.165) is 19.4 Å². The Labute approximate surface area is 184 Å². The molecule has 31 heavy (non-hydrogen) atoms. The third kappa shape index (κ3) is 4.80. The van der Waals surface area contributed by atoms with Crippen molar-refractivity contribution >= 4 is 21.9 Å². The van der Waals surface area contributed by atoms with Gasteiger partial charge in [-0.3, -0.25) is 4.79 Å². The average molecular weight is 456 g/mol. The summed E-state index contributed by atoms with van der Waals surface area (Å²) in [6, 6.07) is 0. The standard InChI is InChI=1S/C21H33N3O6S/c1-5-29-21(26)18-14(2)23(4)15(3)19(18)31(27,28)24-10-8-16(9-11-24)20(25)22-13-17-7-6-12-30-17/h16-17H,5-13H2,1-4H3,(H,22,25)/t17-/m0/s1. The molecule has 0 spiro atoms. The van der Waals surface area contributed by atoms with Gasteiger partial charge in [-0.2, -0.15) is 4.31 Å². The Morgan fingerprint density at radius 2 is 1.84 bits per heavy atom. The number of carbonyl (C=O) groups is 2. The van der Waals surface area contributed by atoms with E-state index in [1.807, 2.05) is 0 Å². The molecule has 0 aliphatic carbocycles. The van der Waals surface area contributed by atoms with Crippen molar-refractivity contribution in [2.75, 3.05) is 32.8 Å². The molecule has 0 bridgehead atoms. The lowest BCUT2D eigenvalue weighted by Gasteiger charge is -2.31. The van der Waals surface area contributed by atoms with Crippen LogP contribution in [0.5, 0.6) is 0 Å². The second kappa shape index (κ2) is 9.70. The fraction of sp³-hybridized carbons (Fsp3) is 0.714. The van der Waals surface area contributed by atoms with Crippen LogP contribution < -0.4 is 5.32 Å². The number of hydrogen-bond acceptors (Lipinski definition) is 6.